The number of hydrogen-bond acceptors (Lipinski definition) is 1. The second-order valence-electron chi connectivity index (χ2n) is 13.5. The highest BCUT2D eigenvalue weighted by molar-refractivity contribution is 7.07. The summed E-state index contributed by atoms with van der Waals surface area (Å²) in [6, 6.07) is 33.1. The van der Waals surface area contributed by atoms with Gasteiger partial charge in [0.1, 0.15) is 0 Å². The zero-order chi connectivity index (χ0) is 29.1. The lowest BCUT2D eigenvalue weighted by atomic mass is 9.60. The third-order valence-corrected chi connectivity index (χ3v) is 15.5. The molecule has 2 fully saturated rings. The summed E-state index contributed by atoms with van der Waals surface area (Å²) in [7, 11) is -2.69. The van der Waals surface area contributed by atoms with E-state index < -0.39 is 8.32 Å². The van der Waals surface area contributed by atoms with Crippen LogP contribution >= 0.6 is 0 Å². The van der Waals surface area contributed by atoms with Gasteiger partial charge in [0.05, 0.1) is 0 Å². The first kappa shape index (κ1) is 28.6. The average Bonchev–Trinajstić information content (AvgIpc) is 3.74. The van der Waals surface area contributed by atoms with E-state index in [-0.39, 0.29) is 5.41 Å². The van der Waals surface area contributed by atoms with Crippen molar-refractivity contribution < 1.29 is 4.43 Å². The van der Waals surface area contributed by atoms with Gasteiger partial charge in [-0.15, -0.1) is 0 Å². The van der Waals surface area contributed by atoms with E-state index in [9.17, 15) is 0 Å². The molecule has 0 heterocycles. The van der Waals surface area contributed by atoms with Crippen LogP contribution in [0.2, 0.25) is 0 Å². The Kier molecular flexibility index (Phi) is 8.25. The van der Waals surface area contributed by atoms with E-state index in [4.69, 9.17) is 4.43 Å². The molecule has 3 aromatic rings. The maximum Gasteiger partial charge on any atom is 0.288 e. The van der Waals surface area contributed by atoms with Crippen molar-refractivity contribution in [2.24, 2.45) is 35.0 Å². The van der Waals surface area contributed by atoms with Crippen LogP contribution in [-0.4, -0.2) is 14.9 Å². The molecule has 0 aliphatic heterocycles. The summed E-state index contributed by atoms with van der Waals surface area (Å²) in [5.41, 5.74) is 1.83. The molecule has 0 amide bonds. The predicted molar refractivity (Wildman–Crippen MR) is 183 cm³/mol. The van der Waals surface area contributed by atoms with Gasteiger partial charge in [-0.2, -0.15) is 0 Å². The molecular formula is C41H46OSi. The van der Waals surface area contributed by atoms with Crippen LogP contribution < -0.4 is 15.6 Å². The molecule has 0 aromatic heterocycles. The van der Waals surface area contributed by atoms with Crippen molar-refractivity contribution in [2.45, 2.75) is 51.9 Å². The highest BCUT2D eigenvalue weighted by Gasteiger charge is 2.56. The first-order chi connectivity index (χ1) is 21.2. The van der Waals surface area contributed by atoms with Gasteiger partial charge < -0.3 is 4.43 Å². The van der Waals surface area contributed by atoms with Gasteiger partial charge in [0.15, 0.2) is 0 Å². The van der Waals surface area contributed by atoms with Crippen LogP contribution in [0, 0.1) is 35.0 Å². The number of hydrogen-bond donors (Lipinski definition) is 0. The van der Waals surface area contributed by atoms with Crippen LogP contribution in [0.1, 0.15) is 51.9 Å². The summed E-state index contributed by atoms with van der Waals surface area (Å²) in [4.78, 5) is 0. The Labute approximate surface area is 260 Å². The first-order valence-corrected chi connectivity index (χ1v) is 18.6. The Morgan fingerprint density at radius 1 is 0.698 bits per heavy atom. The van der Waals surface area contributed by atoms with Crippen molar-refractivity contribution in [1.29, 1.82) is 0 Å². The summed E-state index contributed by atoms with van der Waals surface area (Å²) in [6.07, 6.45) is 26.0. The molecule has 4 aliphatic carbocycles. The van der Waals surface area contributed by atoms with Gasteiger partial charge in [-0.3, -0.25) is 0 Å². The van der Waals surface area contributed by atoms with Gasteiger partial charge >= 0.3 is 0 Å². The number of fused-ring (bicyclic) bond motifs is 3. The van der Waals surface area contributed by atoms with Gasteiger partial charge in [0.25, 0.3) is 8.32 Å². The summed E-state index contributed by atoms with van der Waals surface area (Å²) in [5.74, 6) is 3.77. The lowest BCUT2D eigenvalue weighted by Crippen LogP contribution is -2.69. The molecule has 0 spiro atoms. The maximum absolute atomic E-state index is 7.40. The average molecular weight is 583 g/mol. The standard InChI is InChI=1S/C41H46OSi/c1-41(32-18-11-12-19-32,40-38-28-15-13-26-36(38)37-27-14-16-29-39(37)40)30-17-31-42-43(33-20-5-2-6-21-33,34-22-7-3-8-23-34)35-24-9-4-10-25-35/h2-13,15,18,20-26,28,36-40H,14,16-17,19,27,29-31H2,1H3. The molecule has 1 nitrogen and oxygen atoms in total. The van der Waals surface area contributed by atoms with Gasteiger partial charge in [0, 0.05) is 6.61 Å². The van der Waals surface area contributed by atoms with Crippen molar-refractivity contribution >= 4 is 23.9 Å². The highest BCUT2D eigenvalue weighted by atomic mass is 28.4. The highest BCUT2D eigenvalue weighted by Crippen LogP contribution is 2.62. The Bertz CT molecular complexity index is 1390. The summed E-state index contributed by atoms with van der Waals surface area (Å²) in [5, 5.41) is 3.96. The van der Waals surface area contributed by atoms with E-state index >= 15 is 0 Å². The normalized spacial score (nSPS) is 27.4. The molecular weight excluding hydrogens is 537 g/mol. The third-order valence-electron chi connectivity index (χ3n) is 11.4. The summed E-state index contributed by atoms with van der Waals surface area (Å²) < 4.78 is 7.40. The summed E-state index contributed by atoms with van der Waals surface area (Å²) >= 11 is 0. The fourth-order valence-electron chi connectivity index (χ4n) is 9.57. The Hall–Kier alpha value is -3.20. The van der Waals surface area contributed by atoms with Crippen molar-refractivity contribution in [3.63, 3.8) is 0 Å². The molecule has 220 valence electrons. The van der Waals surface area contributed by atoms with Gasteiger partial charge in [-0.25, -0.2) is 0 Å². The molecule has 0 radical (unpaired) electrons. The second kappa shape index (κ2) is 12.4. The van der Waals surface area contributed by atoms with Crippen molar-refractivity contribution in [3.8, 4) is 0 Å². The second-order valence-corrected chi connectivity index (χ2v) is 16.9. The molecule has 6 atom stereocenters. The first-order valence-electron chi connectivity index (χ1n) is 16.7. The van der Waals surface area contributed by atoms with Crippen molar-refractivity contribution in [1.82, 2.24) is 0 Å². The van der Waals surface area contributed by atoms with Crippen molar-refractivity contribution in [2.75, 3.05) is 6.61 Å². The Balaban J connectivity index is 1.20. The zero-order valence-corrected chi connectivity index (χ0v) is 26.7. The SMILES string of the molecule is CC(CCCO[Si](c1ccccc1)(c1ccccc1)c1ccccc1)(C1=CC=CC1)C1C2C=CC=CC2C2CCCCC21. The lowest BCUT2D eigenvalue weighted by Gasteiger charge is -2.45. The third kappa shape index (κ3) is 5.17. The quantitative estimate of drug-likeness (QED) is 0.133. The largest absolute Gasteiger partial charge is 0.404 e. The fraction of sp³-hybridized carbons (Fsp3) is 0.366. The molecule has 3 aromatic carbocycles. The van der Waals surface area contributed by atoms with E-state index in [0.717, 1.165) is 37.2 Å². The summed E-state index contributed by atoms with van der Waals surface area (Å²) in [6.45, 7) is 3.40. The van der Waals surface area contributed by atoms with Gasteiger partial charge in [-0.1, -0.05) is 159 Å². The van der Waals surface area contributed by atoms with Crippen LogP contribution in [0.5, 0.6) is 0 Å². The number of allylic oxidation sites excluding steroid dienone is 8. The minimum absolute atomic E-state index is 0.179. The number of benzene rings is 3. The number of rotatable bonds is 10. The van der Waals surface area contributed by atoms with Gasteiger partial charge in [0.2, 0.25) is 0 Å². The molecule has 4 aliphatic rings. The molecule has 43 heavy (non-hydrogen) atoms. The molecule has 6 unspecified atom stereocenters. The minimum atomic E-state index is -2.69. The maximum atomic E-state index is 7.40. The van der Waals surface area contributed by atoms with Crippen LogP contribution in [-0.2, 0) is 4.43 Å². The fourth-order valence-corrected chi connectivity index (χ4v) is 13.5. The molecule has 2 saturated carbocycles. The van der Waals surface area contributed by atoms with Crippen LogP contribution in [0.3, 0.4) is 0 Å². The van der Waals surface area contributed by atoms with E-state index in [2.05, 4.69) is 140 Å². The molecule has 2 heteroatoms. The Morgan fingerprint density at radius 3 is 1.81 bits per heavy atom. The molecule has 0 saturated heterocycles. The zero-order valence-electron chi connectivity index (χ0n) is 25.7. The van der Waals surface area contributed by atoms with Crippen LogP contribution in [0.15, 0.2) is 139 Å². The Morgan fingerprint density at radius 2 is 1.26 bits per heavy atom. The van der Waals surface area contributed by atoms with E-state index in [1.165, 1.54) is 47.7 Å². The van der Waals surface area contributed by atoms with E-state index in [1.807, 2.05) is 0 Å². The lowest BCUT2D eigenvalue weighted by molar-refractivity contribution is 0.100. The van der Waals surface area contributed by atoms with E-state index in [1.54, 1.807) is 5.57 Å². The van der Waals surface area contributed by atoms with E-state index in [0.29, 0.717) is 11.8 Å². The van der Waals surface area contributed by atoms with Crippen LogP contribution in [0.4, 0.5) is 0 Å². The monoisotopic (exact) mass is 582 g/mol. The van der Waals surface area contributed by atoms with Crippen molar-refractivity contribution in [3.05, 3.63) is 139 Å². The minimum Gasteiger partial charge on any atom is -0.404 e. The molecule has 0 bridgehead atoms. The molecule has 7 rings (SSSR count). The smallest absolute Gasteiger partial charge is 0.288 e. The topological polar surface area (TPSA) is 9.23 Å². The molecule has 0 N–H and O–H groups in total. The van der Waals surface area contributed by atoms with Gasteiger partial charge in [-0.05, 0) is 82.7 Å². The predicted octanol–water partition coefficient (Wildman–Crippen LogP) is 8.14. The van der Waals surface area contributed by atoms with Crippen LogP contribution in [0.25, 0.3) is 0 Å².